The molecule has 0 aliphatic rings. The molecule has 0 aromatic heterocycles. The molecule has 0 bridgehead atoms. The van der Waals surface area contributed by atoms with E-state index < -0.39 is 0 Å². The summed E-state index contributed by atoms with van der Waals surface area (Å²) < 4.78 is 0.677. The Morgan fingerprint density at radius 2 is 2.00 bits per heavy atom. The molecule has 1 nitrogen and oxygen atoms in total. The number of hydrogen-bond acceptors (Lipinski definition) is 0. The van der Waals surface area contributed by atoms with Crippen molar-refractivity contribution < 1.29 is 0 Å². The van der Waals surface area contributed by atoms with Gasteiger partial charge in [-0.05, 0) is 0 Å². The summed E-state index contributed by atoms with van der Waals surface area (Å²) in [5, 5.41) is 0. The summed E-state index contributed by atoms with van der Waals surface area (Å²) in [7, 11) is 0. The van der Waals surface area contributed by atoms with Crippen LogP contribution in [0.1, 0.15) is 6.92 Å². The summed E-state index contributed by atoms with van der Waals surface area (Å²) in [6.45, 7) is 1.75. The second kappa shape index (κ2) is 1.75. The Balaban J connectivity index is 2.80. The molecule has 0 atom stereocenters. The molecule has 0 fully saturated rings. The standard InChI is InChI=1S/C2H4NTe/c1-2(3)4/h3H,1H3. The molecule has 0 unspecified atom stereocenters. The van der Waals surface area contributed by atoms with Crippen molar-refractivity contribution in [2.24, 2.45) is 0 Å². The van der Waals surface area contributed by atoms with E-state index in [0.717, 1.165) is 0 Å². The molecule has 0 saturated carbocycles. The summed E-state index contributed by atoms with van der Waals surface area (Å²) in [5.74, 6) is 0. The van der Waals surface area contributed by atoms with Gasteiger partial charge in [-0.25, -0.2) is 0 Å². The molecule has 2 heteroatoms. The van der Waals surface area contributed by atoms with Crippen LogP contribution in [-0.2, 0) is 0 Å². The zero-order valence-electron chi connectivity index (χ0n) is 2.41. The van der Waals surface area contributed by atoms with Gasteiger partial charge in [-0.3, -0.25) is 0 Å². The molecule has 4 heavy (non-hydrogen) atoms. The normalized spacial score (nSPS) is 6.25. The van der Waals surface area contributed by atoms with E-state index >= 15 is 0 Å². The monoisotopic (exact) mass is 172 g/mol. The first-order valence-corrected chi connectivity index (χ1v) is 2.12. The van der Waals surface area contributed by atoms with Crippen LogP contribution in [0.25, 0.3) is 0 Å². The molecule has 0 heterocycles. The molecule has 0 aromatic rings. The van der Waals surface area contributed by atoms with Gasteiger partial charge < -0.3 is 0 Å². The Bertz CT molecular complexity index is 29.0. The van der Waals surface area contributed by atoms with Crippen molar-refractivity contribution in [2.75, 3.05) is 0 Å². The van der Waals surface area contributed by atoms with Gasteiger partial charge in [-0.15, -0.1) is 0 Å². The number of hydrogen-bond donors (Lipinski definition) is 0. The van der Waals surface area contributed by atoms with Gasteiger partial charge >= 0.3 is 38.2 Å². The van der Waals surface area contributed by atoms with Crippen molar-refractivity contribution in [3.05, 3.63) is 0 Å². The summed E-state index contributed by atoms with van der Waals surface area (Å²) >= 11 is 1.69. The summed E-state index contributed by atoms with van der Waals surface area (Å²) in [5.41, 5.74) is 6.50. The van der Waals surface area contributed by atoms with Gasteiger partial charge in [0, 0.05) is 0 Å². The van der Waals surface area contributed by atoms with Crippen LogP contribution in [-0.4, -0.2) is 25.5 Å². The van der Waals surface area contributed by atoms with Crippen molar-refractivity contribution in [3.63, 3.8) is 0 Å². The average molecular weight is 170 g/mol. The molecule has 0 rings (SSSR count). The molecule has 0 saturated heterocycles. The predicted molar refractivity (Wildman–Crippen MR) is 19.5 cm³/mol. The molecule has 1 N–H and O–H groups in total. The van der Waals surface area contributed by atoms with E-state index in [2.05, 4.69) is 0 Å². The molecule has 0 aliphatic carbocycles. The van der Waals surface area contributed by atoms with Gasteiger partial charge in [0.25, 0.3) is 0 Å². The van der Waals surface area contributed by atoms with Crippen molar-refractivity contribution in [2.45, 2.75) is 6.92 Å². The minimum atomic E-state index is 0.677. The van der Waals surface area contributed by atoms with Gasteiger partial charge in [0.2, 0.25) is 0 Å². The summed E-state index contributed by atoms with van der Waals surface area (Å²) in [6, 6.07) is 0. The summed E-state index contributed by atoms with van der Waals surface area (Å²) in [4.78, 5) is 0. The molecular weight excluding hydrogens is 166 g/mol. The van der Waals surface area contributed by atoms with Crippen LogP contribution < -0.4 is 5.73 Å². The number of rotatable bonds is 0. The van der Waals surface area contributed by atoms with E-state index in [-0.39, 0.29) is 0 Å². The summed E-state index contributed by atoms with van der Waals surface area (Å²) in [6.07, 6.45) is 0. The van der Waals surface area contributed by atoms with Crippen LogP contribution >= 0.6 is 0 Å². The van der Waals surface area contributed by atoms with Crippen LogP contribution in [0.15, 0.2) is 0 Å². The Kier molecular flexibility index (Phi) is 1.95. The first-order valence-electron chi connectivity index (χ1n) is 0.954. The van der Waals surface area contributed by atoms with E-state index in [0.29, 0.717) is 3.67 Å². The molecule has 0 aliphatic heterocycles. The SMILES string of the molecule is CC([NH])=[Te]. The third kappa shape index (κ3) is 24.8. The van der Waals surface area contributed by atoms with E-state index in [9.17, 15) is 0 Å². The Morgan fingerprint density at radius 1 is 2.00 bits per heavy atom. The fourth-order valence-electron chi connectivity index (χ4n) is 0. The van der Waals surface area contributed by atoms with Gasteiger partial charge in [0.15, 0.2) is 0 Å². The third-order valence-corrected chi connectivity index (χ3v) is 0. The molecule has 1 radical (unpaired) electrons. The van der Waals surface area contributed by atoms with Crippen LogP contribution in [0.2, 0.25) is 0 Å². The fraction of sp³-hybridized carbons (Fsp3) is 0.500. The zero-order chi connectivity index (χ0) is 3.58. The average Bonchev–Trinajstić information content (AvgIpc) is 0.811. The van der Waals surface area contributed by atoms with E-state index in [1.54, 1.807) is 28.7 Å². The van der Waals surface area contributed by atoms with Gasteiger partial charge in [0.05, 0.1) is 0 Å². The van der Waals surface area contributed by atoms with Crippen molar-refractivity contribution in [1.29, 1.82) is 0 Å². The van der Waals surface area contributed by atoms with E-state index in [1.807, 2.05) is 0 Å². The fourth-order valence-corrected chi connectivity index (χ4v) is 0. The van der Waals surface area contributed by atoms with Crippen molar-refractivity contribution in [1.82, 2.24) is 5.73 Å². The van der Waals surface area contributed by atoms with Crippen LogP contribution in [0.4, 0.5) is 0 Å². The molecule has 0 amide bonds. The zero-order valence-corrected chi connectivity index (χ0v) is 4.74. The maximum absolute atomic E-state index is 6.50. The van der Waals surface area contributed by atoms with E-state index in [4.69, 9.17) is 5.73 Å². The van der Waals surface area contributed by atoms with Crippen LogP contribution in [0.5, 0.6) is 0 Å². The molecule has 0 spiro atoms. The first kappa shape index (κ1) is 4.46. The second-order valence-corrected chi connectivity index (χ2v) is 2.30. The first-order chi connectivity index (χ1) is 1.73. The Labute approximate surface area is 38.6 Å². The number of nitrogens with one attached hydrogen (secondary N) is 1. The Hall–Kier alpha value is 0.460. The minimum absolute atomic E-state index is 0.677. The maximum atomic E-state index is 6.50. The second-order valence-electron chi connectivity index (χ2n) is 0.556. The van der Waals surface area contributed by atoms with Crippen LogP contribution in [0.3, 0.4) is 0 Å². The Morgan fingerprint density at radius 3 is 2.00 bits per heavy atom. The third-order valence-electron chi connectivity index (χ3n) is 0. The van der Waals surface area contributed by atoms with Gasteiger partial charge in [-0.2, -0.15) is 0 Å². The van der Waals surface area contributed by atoms with Crippen molar-refractivity contribution >= 4 is 25.5 Å². The van der Waals surface area contributed by atoms with Crippen molar-refractivity contribution in [3.8, 4) is 0 Å². The predicted octanol–water partition coefficient (Wildman–Crippen LogP) is -0.412. The topological polar surface area (TPSA) is 23.8 Å². The molecule has 23 valence electrons. The molecular formula is C2H4NTe. The molecule has 0 aromatic carbocycles. The van der Waals surface area contributed by atoms with Gasteiger partial charge in [-0.1, -0.05) is 0 Å². The van der Waals surface area contributed by atoms with Gasteiger partial charge in [0.1, 0.15) is 0 Å². The quantitative estimate of drug-likeness (QED) is 0.441. The van der Waals surface area contributed by atoms with E-state index in [1.165, 1.54) is 0 Å². The van der Waals surface area contributed by atoms with Crippen LogP contribution in [0, 0.1) is 0 Å².